The fourth-order valence-electron chi connectivity index (χ4n) is 5.55. The van der Waals surface area contributed by atoms with E-state index in [-0.39, 0.29) is 53.4 Å². The number of fused-ring (bicyclic) bond motifs is 2. The molecule has 2 saturated heterocycles. The van der Waals surface area contributed by atoms with Gasteiger partial charge >= 0.3 is 12.1 Å². The van der Waals surface area contributed by atoms with E-state index in [2.05, 4.69) is 33.9 Å². The van der Waals surface area contributed by atoms with Crippen molar-refractivity contribution in [3.8, 4) is 5.75 Å². The van der Waals surface area contributed by atoms with Gasteiger partial charge in [-0.15, -0.1) is 0 Å². The van der Waals surface area contributed by atoms with Crippen LogP contribution in [0.5, 0.6) is 5.75 Å². The van der Waals surface area contributed by atoms with Gasteiger partial charge in [0.2, 0.25) is 0 Å². The molecule has 2 fully saturated rings. The number of anilines is 1. The van der Waals surface area contributed by atoms with E-state index in [4.69, 9.17) is 37.7 Å². The average Bonchev–Trinajstić information content (AvgIpc) is 3.49. The molecule has 0 radical (unpaired) electrons. The van der Waals surface area contributed by atoms with E-state index >= 15 is 0 Å². The van der Waals surface area contributed by atoms with Crippen LogP contribution in [-0.2, 0) is 38.1 Å². The lowest BCUT2D eigenvalue weighted by molar-refractivity contribution is -0.152. The summed E-state index contributed by atoms with van der Waals surface area (Å²) in [6, 6.07) is 3.28. The molecule has 290 valence electrons. The summed E-state index contributed by atoms with van der Waals surface area (Å²) in [5.41, 5.74) is 0.0126. The maximum absolute atomic E-state index is 14.3. The van der Waals surface area contributed by atoms with Crippen LogP contribution in [0, 0.1) is 5.92 Å². The fraction of sp³-hybridized carbons (Fsp3) is 0.667. The van der Waals surface area contributed by atoms with Crippen molar-refractivity contribution in [1.29, 1.82) is 0 Å². The second-order valence-electron chi connectivity index (χ2n) is 17.3. The smallest absolute Gasteiger partial charge is 0.439 e. The van der Waals surface area contributed by atoms with E-state index in [1.165, 1.54) is 6.08 Å². The highest BCUT2D eigenvalue weighted by Gasteiger charge is 2.44. The largest absolute Gasteiger partial charge is 0.543 e. The van der Waals surface area contributed by atoms with E-state index in [1.54, 1.807) is 65.8 Å². The molecule has 13 heteroatoms. The van der Waals surface area contributed by atoms with Crippen molar-refractivity contribution in [1.82, 2.24) is 0 Å². The Morgan fingerprint density at radius 1 is 0.962 bits per heavy atom. The topological polar surface area (TPSA) is 128 Å². The van der Waals surface area contributed by atoms with Gasteiger partial charge < -0.3 is 32.8 Å². The van der Waals surface area contributed by atoms with E-state index in [0.29, 0.717) is 5.56 Å². The minimum Gasteiger partial charge on any atom is -0.543 e. The summed E-state index contributed by atoms with van der Waals surface area (Å²) < 4.78 is 42.6. The Balaban J connectivity index is 1.90. The van der Waals surface area contributed by atoms with Crippen LogP contribution >= 0.6 is 0 Å². The van der Waals surface area contributed by atoms with Crippen LogP contribution < -0.4 is 9.49 Å². The quantitative estimate of drug-likeness (QED) is 0.159. The maximum atomic E-state index is 14.3. The molecule has 0 N–H and O–H groups in total. The summed E-state index contributed by atoms with van der Waals surface area (Å²) in [7, 11) is -2.60. The number of hydrogen-bond acceptors (Lipinski definition) is 11. The van der Waals surface area contributed by atoms with Crippen LogP contribution in [0.3, 0.4) is 0 Å². The number of carbonyl (C=O) groups excluding carboxylic acids is 3. The predicted octanol–water partition coefficient (Wildman–Crippen LogP) is 8.14. The minimum absolute atomic E-state index is 0.0246. The Morgan fingerprint density at radius 3 is 2.23 bits per heavy atom. The first-order chi connectivity index (χ1) is 23.8. The molecule has 0 saturated carbocycles. The molecule has 1 aromatic rings. The molecular weight excluding hydrogens is 687 g/mol. The number of rotatable bonds is 6. The van der Waals surface area contributed by atoms with Crippen molar-refractivity contribution < 1.29 is 52.1 Å². The van der Waals surface area contributed by atoms with Crippen molar-refractivity contribution in [3.63, 3.8) is 0 Å². The summed E-state index contributed by atoms with van der Waals surface area (Å²) in [4.78, 5) is 47.6. The van der Waals surface area contributed by atoms with Gasteiger partial charge in [0.15, 0.2) is 17.4 Å². The molecule has 4 rings (SSSR count). The van der Waals surface area contributed by atoms with Crippen LogP contribution in [0.25, 0.3) is 6.08 Å². The van der Waals surface area contributed by atoms with Gasteiger partial charge in [0.25, 0.3) is 8.32 Å². The van der Waals surface area contributed by atoms with Crippen molar-refractivity contribution in [2.45, 2.75) is 149 Å². The maximum Gasteiger partial charge on any atom is 0.439 e. The van der Waals surface area contributed by atoms with Gasteiger partial charge in [0.05, 0.1) is 18.4 Å². The molecule has 52 heavy (non-hydrogen) atoms. The third kappa shape index (κ3) is 10.5. The lowest BCUT2D eigenvalue weighted by Gasteiger charge is -2.37. The number of benzene rings is 1. The van der Waals surface area contributed by atoms with Gasteiger partial charge in [-0.1, -0.05) is 45.9 Å². The summed E-state index contributed by atoms with van der Waals surface area (Å²) in [5, 5.41) is 0.815. The summed E-state index contributed by atoms with van der Waals surface area (Å²) in [6.07, 6.45) is 3.81. The van der Waals surface area contributed by atoms with Crippen LogP contribution in [0.1, 0.15) is 105 Å². The Labute approximate surface area is 310 Å². The Morgan fingerprint density at radius 2 is 1.63 bits per heavy atom. The molecular formula is C39H59NO11Si. The molecule has 0 spiro atoms. The number of amides is 1. The van der Waals surface area contributed by atoms with Gasteiger partial charge in [0.1, 0.15) is 41.8 Å². The number of ether oxygens (including phenoxy) is 6. The van der Waals surface area contributed by atoms with E-state index < -0.39 is 62.0 Å². The third-order valence-electron chi connectivity index (χ3n) is 9.47. The van der Waals surface area contributed by atoms with Gasteiger partial charge in [-0.3, -0.25) is 9.63 Å². The molecule has 0 aromatic heterocycles. The lowest BCUT2D eigenvalue weighted by Crippen LogP contribution is -2.44. The second kappa shape index (κ2) is 15.3. The van der Waals surface area contributed by atoms with Crippen LogP contribution in [0.4, 0.5) is 10.5 Å². The molecule has 3 aliphatic rings. The van der Waals surface area contributed by atoms with Gasteiger partial charge in [-0.2, -0.15) is 5.06 Å². The van der Waals surface area contributed by atoms with Gasteiger partial charge in [-0.25, -0.2) is 9.59 Å². The molecule has 5 atom stereocenters. The van der Waals surface area contributed by atoms with Crippen molar-refractivity contribution >= 4 is 37.9 Å². The average molecular weight is 746 g/mol. The van der Waals surface area contributed by atoms with E-state index in [0.717, 1.165) is 5.06 Å². The SMILES string of the molecule is C[C@@H]1C=CC(=O)[C@H]2OC(C)(C)O[C@H]2CC=Cc2cc(N(OC[C@H]3COC(C)(C)O3)C(=O)OC(C)(C)C)cc(O[Si](C)(C)C(C)(C)C)c2C(=O)O[C@H]1C. The Kier molecular flexibility index (Phi) is 12.3. The number of ketones is 1. The van der Waals surface area contributed by atoms with Crippen molar-refractivity contribution in [2.24, 2.45) is 5.92 Å². The second-order valence-corrected chi connectivity index (χ2v) is 22.0. The van der Waals surface area contributed by atoms with Gasteiger partial charge in [-0.05, 0) is 97.6 Å². The molecule has 3 heterocycles. The predicted molar refractivity (Wildman–Crippen MR) is 200 cm³/mol. The van der Waals surface area contributed by atoms with Crippen molar-refractivity contribution in [2.75, 3.05) is 18.3 Å². The molecule has 0 bridgehead atoms. The number of nitrogens with zero attached hydrogens (tertiary/aromatic N) is 1. The lowest BCUT2D eigenvalue weighted by atomic mass is 9.99. The normalized spacial score (nSPS) is 26.6. The molecule has 0 unspecified atom stereocenters. The van der Waals surface area contributed by atoms with Crippen LogP contribution in [0.15, 0.2) is 30.4 Å². The molecule has 1 aromatic carbocycles. The first-order valence-corrected chi connectivity index (χ1v) is 21.0. The Bertz CT molecular complexity index is 1550. The summed E-state index contributed by atoms with van der Waals surface area (Å²) in [6.45, 7) is 26.8. The highest BCUT2D eigenvalue weighted by atomic mass is 28.4. The number of esters is 1. The zero-order chi connectivity index (χ0) is 39.0. The number of carbonyl (C=O) groups is 3. The molecule has 12 nitrogen and oxygen atoms in total. The molecule has 1 amide bonds. The monoisotopic (exact) mass is 745 g/mol. The third-order valence-corrected chi connectivity index (χ3v) is 13.8. The van der Waals surface area contributed by atoms with E-state index in [9.17, 15) is 14.4 Å². The Hall–Kier alpha value is -3.07. The first-order valence-electron chi connectivity index (χ1n) is 18.1. The standard InChI is InChI=1S/C39H59NO11Si/c1-24-18-19-29(41)33-30(48-39(11,12)49-33)17-15-16-26-20-27(21-31(32(26)34(42)46-25(24)2)51-52(13,14)37(6,7)8)40(35(43)50-36(3,4)5)45-23-28-22-44-38(9,10)47-28/h15-16,18-21,24-25,28,30,33H,17,22-23H2,1-14H3/t24-,25+,28-,30+,33-/m1/s1. The molecule has 0 aliphatic carbocycles. The summed E-state index contributed by atoms with van der Waals surface area (Å²) >= 11 is 0. The van der Waals surface area contributed by atoms with Crippen molar-refractivity contribution in [3.05, 3.63) is 41.5 Å². The zero-order valence-corrected chi connectivity index (χ0v) is 34.4. The highest BCUT2D eigenvalue weighted by molar-refractivity contribution is 6.74. The minimum atomic E-state index is -2.60. The number of hydrogen-bond donors (Lipinski definition) is 0. The zero-order valence-electron chi connectivity index (χ0n) is 33.4. The fourth-order valence-corrected chi connectivity index (χ4v) is 6.56. The van der Waals surface area contributed by atoms with Crippen LogP contribution in [0.2, 0.25) is 18.1 Å². The van der Waals surface area contributed by atoms with Crippen LogP contribution in [-0.4, -0.2) is 81.0 Å². The van der Waals surface area contributed by atoms with E-state index in [1.807, 2.05) is 26.8 Å². The molecule has 3 aliphatic heterocycles. The highest BCUT2D eigenvalue weighted by Crippen LogP contribution is 2.41. The first kappa shape index (κ1) is 41.7. The summed E-state index contributed by atoms with van der Waals surface area (Å²) in [5.74, 6) is -2.68. The number of hydroxylamine groups is 1. The number of cyclic esters (lactones) is 1. The van der Waals surface area contributed by atoms with Gasteiger partial charge in [0, 0.05) is 12.0 Å².